The zero-order valence-electron chi connectivity index (χ0n) is 10.3. The topological polar surface area (TPSA) is 62.4 Å². The lowest BCUT2D eigenvalue weighted by molar-refractivity contribution is 0.414. The van der Waals surface area contributed by atoms with E-state index < -0.39 is 0 Å². The molecular weight excluding hydrogens is 214 g/mol. The largest absolute Gasteiger partial charge is 0.513 e. The third-order valence-electron chi connectivity index (χ3n) is 2.18. The molecule has 0 aliphatic heterocycles. The summed E-state index contributed by atoms with van der Waals surface area (Å²) < 4.78 is 0. The minimum Gasteiger partial charge on any atom is -0.513 e. The zero-order valence-corrected chi connectivity index (χ0v) is 10.3. The fourth-order valence-corrected chi connectivity index (χ4v) is 1.41. The van der Waals surface area contributed by atoms with Gasteiger partial charge in [0.05, 0.1) is 5.76 Å². The van der Waals surface area contributed by atoms with Gasteiger partial charge in [0.2, 0.25) is 0 Å². The van der Waals surface area contributed by atoms with Crippen molar-refractivity contribution in [2.75, 3.05) is 11.4 Å². The van der Waals surface area contributed by atoms with Gasteiger partial charge in [0.15, 0.2) is 0 Å². The highest BCUT2D eigenvalue weighted by atomic mass is 16.3. The minimum atomic E-state index is 0.227. The van der Waals surface area contributed by atoms with Gasteiger partial charge in [-0.1, -0.05) is 13.0 Å². The Balaban J connectivity index is 2.94. The van der Waals surface area contributed by atoms with Crippen molar-refractivity contribution in [3.63, 3.8) is 0 Å². The Morgan fingerprint density at radius 2 is 2.24 bits per heavy atom. The molecule has 0 atom stereocenters. The van der Waals surface area contributed by atoms with E-state index in [9.17, 15) is 0 Å². The standard InChI is InChI=1S/C13H19N3O/c1-3-10-16(12(14)8-7-11(2)17)13-6-4-5-9-15-13/h4-9,17H,3,10,14H2,1-2H3/b11-7+,12-8+. The van der Waals surface area contributed by atoms with Crippen LogP contribution in [-0.2, 0) is 0 Å². The van der Waals surface area contributed by atoms with E-state index in [0.717, 1.165) is 18.8 Å². The molecule has 4 heteroatoms. The van der Waals surface area contributed by atoms with Crippen LogP contribution in [0.4, 0.5) is 5.82 Å². The number of pyridine rings is 1. The van der Waals surface area contributed by atoms with Crippen LogP contribution >= 0.6 is 0 Å². The van der Waals surface area contributed by atoms with E-state index in [1.165, 1.54) is 0 Å². The van der Waals surface area contributed by atoms with E-state index in [1.54, 1.807) is 25.3 Å². The van der Waals surface area contributed by atoms with E-state index in [4.69, 9.17) is 10.8 Å². The Labute approximate surface area is 102 Å². The Kier molecular flexibility index (Phi) is 5.07. The fraction of sp³-hybridized carbons (Fsp3) is 0.308. The van der Waals surface area contributed by atoms with Gasteiger partial charge in [0, 0.05) is 12.7 Å². The molecule has 1 heterocycles. The predicted molar refractivity (Wildman–Crippen MR) is 70.5 cm³/mol. The van der Waals surface area contributed by atoms with E-state index in [0.29, 0.717) is 5.82 Å². The summed E-state index contributed by atoms with van der Waals surface area (Å²) in [4.78, 5) is 6.18. The lowest BCUT2D eigenvalue weighted by Gasteiger charge is -2.22. The molecule has 0 saturated carbocycles. The molecule has 0 saturated heterocycles. The first-order valence-corrected chi connectivity index (χ1v) is 5.66. The molecule has 0 bridgehead atoms. The Morgan fingerprint density at radius 3 is 2.76 bits per heavy atom. The smallest absolute Gasteiger partial charge is 0.133 e. The monoisotopic (exact) mass is 233 g/mol. The summed E-state index contributed by atoms with van der Waals surface area (Å²) >= 11 is 0. The number of aromatic nitrogens is 1. The highest BCUT2D eigenvalue weighted by Gasteiger charge is 2.08. The molecule has 0 radical (unpaired) electrons. The second-order valence-electron chi connectivity index (χ2n) is 3.74. The van der Waals surface area contributed by atoms with Crippen molar-refractivity contribution in [2.24, 2.45) is 5.73 Å². The molecule has 0 aliphatic carbocycles. The number of rotatable bonds is 5. The number of aliphatic hydroxyl groups excluding tert-OH is 1. The summed E-state index contributed by atoms with van der Waals surface area (Å²) in [5.74, 6) is 1.61. The Hall–Kier alpha value is -1.97. The molecule has 17 heavy (non-hydrogen) atoms. The summed E-state index contributed by atoms with van der Waals surface area (Å²) in [6.45, 7) is 4.47. The number of allylic oxidation sites excluding steroid dienone is 3. The van der Waals surface area contributed by atoms with Crippen molar-refractivity contribution in [3.8, 4) is 0 Å². The van der Waals surface area contributed by atoms with E-state index >= 15 is 0 Å². The van der Waals surface area contributed by atoms with Crippen molar-refractivity contribution >= 4 is 5.82 Å². The normalized spacial score (nSPS) is 12.6. The second-order valence-corrected chi connectivity index (χ2v) is 3.74. The molecule has 0 amide bonds. The summed E-state index contributed by atoms with van der Waals surface area (Å²) in [5.41, 5.74) is 5.98. The number of nitrogens with zero attached hydrogens (tertiary/aromatic N) is 2. The van der Waals surface area contributed by atoms with Gasteiger partial charge in [-0.15, -0.1) is 0 Å². The molecule has 3 N–H and O–H groups in total. The van der Waals surface area contributed by atoms with Crippen molar-refractivity contribution in [2.45, 2.75) is 20.3 Å². The van der Waals surface area contributed by atoms with Crippen LogP contribution in [0.2, 0.25) is 0 Å². The first kappa shape index (κ1) is 13.1. The number of hydrogen-bond acceptors (Lipinski definition) is 4. The van der Waals surface area contributed by atoms with Crippen LogP contribution in [0.1, 0.15) is 20.3 Å². The predicted octanol–water partition coefficient (Wildman–Crippen LogP) is 2.56. The van der Waals surface area contributed by atoms with Gasteiger partial charge in [-0.05, 0) is 37.6 Å². The quantitative estimate of drug-likeness (QED) is 0.606. The highest BCUT2D eigenvalue weighted by Crippen LogP contribution is 2.13. The average molecular weight is 233 g/mol. The Morgan fingerprint density at radius 1 is 1.47 bits per heavy atom. The summed E-state index contributed by atoms with van der Waals surface area (Å²) in [5, 5.41) is 9.11. The molecule has 1 aromatic heterocycles. The first-order chi connectivity index (χ1) is 8.15. The van der Waals surface area contributed by atoms with E-state index in [1.807, 2.05) is 23.1 Å². The number of aliphatic hydroxyl groups is 1. The van der Waals surface area contributed by atoms with Crippen LogP contribution in [0.5, 0.6) is 0 Å². The maximum absolute atomic E-state index is 9.11. The van der Waals surface area contributed by atoms with Crippen LogP contribution in [0.25, 0.3) is 0 Å². The van der Waals surface area contributed by atoms with Crippen LogP contribution in [0, 0.1) is 0 Å². The maximum atomic E-state index is 9.11. The molecular formula is C13H19N3O. The van der Waals surface area contributed by atoms with Gasteiger partial charge in [0.1, 0.15) is 11.6 Å². The van der Waals surface area contributed by atoms with Gasteiger partial charge in [0.25, 0.3) is 0 Å². The summed E-state index contributed by atoms with van der Waals surface area (Å²) in [6, 6.07) is 5.70. The lowest BCUT2D eigenvalue weighted by atomic mass is 10.3. The van der Waals surface area contributed by atoms with Crippen LogP contribution in [-0.4, -0.2) is 16.6 Å². The molecule has 0 spiro atoms. The third kappa shape index (κ3) is 4.18. The van der Waals surface area contributed by atoms with Crippen LogP contribution in [0.3, 0.4) is 0 Å². The summed E-state index contributed by atoms with van der Waals surface area (Å²) in [7, 11) is 0. The first-order valence-electron chi connectivity index (χ1n) is 5.66. The fourth-order valence-electron chi connectivity index (χ4n) is 1.41. The van der Waals surface area contributed by atoms with Crippen molar-refractivity contribution < 1.29 is 5.11 Å². The van der Waals surface area contributed by atoms with Crippen molar-refractivity contribution in [1.82, 2.24) is 4.98 Å². The molecule has 0 unspecified atom stereocenters. The number of anilines is 1. The third-order valence-corrected chi connectivity index (χ3v) is 2.18. The summed E-state index contributed by atoms with van der Waals surface area (Å²) in [6.07, 6.45) is 5.95. The minimum absolute atomic E-state index is 0.227. The highest BCUT2D eigenvalue weighted by molar-refractivity contribution is 5.45. The maximum Gasteiger partial charge on any atom is 0.133 e. The molecule has 0 aromatic carbocycles. The van der Waals surface area contributed by atoms with Crippen LogP contribution < -0.4 is 10.6 Å². The number of hydrogen-bond donors (Lipinski definition) is 2. The molecule has 92 valence electrons. The molecule has 1 aromatic rings. The van der Waals surface area contributed by atoms with Crippen LogP contribution in [0.15, 0.2) is 48.1 Å². The van der Waals surface area contributed by atoms with Crippen molar-refractivity contribution in [1.29, 1.82) is 0 Å². The average Bonchev–Trinajstić information content (AvgIpc) is 2.34. The van der Waals surface area contributed by atoms with E-state index in [2.05, 4.69) is 11.9 Å². The SMILES string of the molecule is CCCN(/C(N)=C/C=C(\C)O)c1ccccn1. The molecule has 1 rings (SSSR count). The van der Waals surface area contributed by atoms with E-state index in [-0.39, 0.29) is 5.76 Å². The van der Waals surface area contributed by atoms with Gasteiger partial charge in [-0.3, -0.25) is 0 Å². The van der Waals surface area contributed by atoms with Gasteiger partial charge in [-0.2, -0.15) is 0 Å². The second kappa shape index (κ2) is 6.58. The molecule has 4 nitrogen and oxygen atoms in total. The lowest BCUT2D eigenvalue weighted by Crippen LogP contribution is -2.29. The van der Waals surface area contributed by atoms with Gasteiger partial charge >= 0.3 is 0 Å². The van der Waals surface area contributed by atoms with Gasteiger partial charge in [-0.25, -0.2) is 4.98 Å². The van der Waals surface area contributed by atoms with Gasteiger partial charge < -0.3 is 15.7 Å². The number of nitrogens with two attached hydrogens (primary N) is 1. The molecule has 0 fully saturated rings. The zero-order chi connectivity index (χ0) is 12.7. The molecule has 0 aliphatic rings. The van der Waals surface area contributed by atoms with Crippen molar-refractivity contribution in [3.05, 3.63) is 48.1 Å². The Bertz CT molecular complexity index is 394.